The average Bonchev–Trinajstić information content (AvgIpc) is 2.62. The van der Waals surface area contributed by atoms with Crippen LogP contribution in [0.1, 0.15) is 16.1 Å². The van der Waals surface area contributed by atoms with Crippen LogP contribution in [0.4, 0.5) is 22.7 Å². The lowest BCUT2D eigenvalue weighted by Gasteiger charge is -2.10. The van der Waals surface area contributed by atoms with E-state index in [-0.39, 0.29) is 11.3 Å². The summed E-state index contributed by atoms with van der Waals surface area (Å²) in [6.07, 6.45) is 1.71. The molecule has 0 unspecified atom stereocenters. The van der Waals surface area contributed by atoms with E-state index in [2.05, 4.69) is 15.6 Å². The summed E-state index contributed by atoms with van der Waals surface area (Å²) in [5, 5.41) is 16.8. The molecular formula is C19H16N4O3. The maximum atomic E-state index is 12.3. The normalized spacial score (nSPS) is 10.2. The van der Waals surface area contributed by atoms with Gasteiger partial charge in [0.1, 0.15) is 0 Å². The van der Waals surface area contributed by atoms with Crippen molar-refractivity contribution in [1.82, 2.24) is 4.98 Å². The van der Waals surface area contributed by atoms with Gasteiger partial charge in [-0.05, 0) is 43.3 Å². The Labute approximate surface area is 149 Å². The van der Waals surface area contributed by atoms with Crippen molar-refractivity contribution in [3.8, 4) is 0 Å². The van der Waals surface area contributed by atoms with Crippen LogP contribution < -0.4 is 10.6 Å². The van der Waals surface area contributed by atoms with Crippen molar-refractivity contribution in [2.75, 3.05) is 10.6 Å². The number of nitro benzene ring substituents is 1. The Morgan fingerprint density at radius 1 is 1.00 bits per heavy atom. The van der Waals surface area contributed by atoms with Crippen LogP contribution in [0.2, 0.25) is 0 Å². The number of anilines is 3. The van der Waals surface area contributed by atoms with E-state index in [0.29, 0.717) is 5.69 Å². The van der Waals surface area contributed by atoms with Crippen LogP contribution in [0, 0.1) is 17.0 Å². The average molecular weight is 348 g/mol. The summed E-state index contributed by atoms with van der Waals surface area (Å²) in [6.45, 7) is 1.90. The van der Waals surface area contributed by atoms with Gasteiger partial charge in [0.2, 0.25) is 0 Å². The number of rotatable bonds is 5. The van der Waals surface area contributed by atoms with Crippen molar-refractivity contribution in [1.29, 1.82) is 0 Å². The summed E-state index contributed by atoms with van der Waals surface area (Å²) >= 11 is 0. The van der Waals surface area contributed by atoms with E-state index in [1.54, 1.807) is 24.4 Å². The standard InChI is InChI=1S/C19H16N4O3/c1-13-10-17(8-9-20-13)21-15-5-3-6-16(12-15)22-19(24)14-4-2-7-18(11-14)23(25)26/h2-12H,1H3,(H,20,21)(H,22,24). The van der Waals surface area contributed by atoms with Crippen LogP contribution in [0.5, 0.6) is 0 Å². The zero-order valence-electron chi connectivity index (χ0n) is 14.0. The minimum atomic E-state index is -0.530. The molecule has 3 aromatic rings. The summed E-state index contributed by atoms with van der Waals surface area (Å²) < 4.78 is 0. The third-order valence-electron chi connectivity index (χ3n) is 3.62. The number of nitrogens with zero attached hydrogens (tertiary/aromatic N) is 2. The molecule has 2 aromatic carbocycles. The molecule has 1 heterocycles. The number of non-ortho nitro benzene ring substituents is 1. The number of nitrogens with one attached hydrogen (secondary N) is 2. The van der Waals surface area contributed by atoms with E-state index < -0.39 is 10.8 Å². The second-order valence-electron chi connectivity index (χ2n) is 5.65. The summed E-state index contributed by atoms with van der Waals surface area (Å²) in [5.74, 6) is -0.411. The molecule has 0 aliphatic carbocycles. The van der Waals surface area contributed by atoms with Crippen LogP contribution in [0.15, 0.2) is 66.9 Å². The number of hydrogen-bond donors (Lipinski definition) is 2. The number of benzene rings is 2. The smallest absolute Gasteiger partial charge is 0.270 e. The minimum Gasteiger partial charge on any atom is -0.355 e. The summed E-state index contributed by atoms with van der Waals surface area (Å²) in [4.78, 5) is 26.8. The van der Waals surface area contributed by atoms with E-state index in [1.807, 2.05) is 25.1 Å². The molecule has 7 heteroatoms. The van der Waals surface area contributed by atoms with E-state index >= 15 is 0 Å². The molecule has 3 rings (SSSR count). The van der Waals surface area contributed by atoms with Gasteiger partial charge >= 0.3 is 0 Å². The first-order valence-corrected chi connectivity index (χ1v) is 7.87. The fraction of sp³-hybridized carbons (Fsp3) is 0.0526. The second kappa shape index (κ2) is 7.43. The summed E-state index contributed by atoms with van der Waals surface area (Å²) in [6, 6.07) is 16.6. The number of carbonyl (C=O) groups excluding carboxylic acids is 1. The molecular weight excluding hydrogens is 332 g/mol. The number of pyridine rings is 1. The van der Waals surface area contributed by atoms with Crippen LogP contribution >= 0.6 is 0 Å². The van der Waals surface area contributed by atoms with E-state index in [1.165, 1.54) is 24.3 Å². The third kappa shape index (κ3) is 4.21. The van der Waals surface area contributed by atoms with Crippen molar-refractivity contribution in [3.05, 3.63) is 88.2 Å². The molecule has 0 bridgehead atoms. The van der Waals surface area contributed by atoms with Gasteiger partial charge in [0.25, 0.3) is 11.6 Å². The predicted molar refractivity (Wildman–Crippen MR) is 99.7 cm³/mol. The first kappa shape index (κ1) is 17.1. The van der Waals surface area contributed by atoms with Gasteiger partial charge in [-0.1, -0.05) is 12.1 Å². The van der Waals surface area contributed by atoms with Crippen LogP contribution in [-0.2, 0) is 0 Å². The SMILES string of the molecule is Cc1cc(Nc2cccc(NC(=O)c3cccc([N+](=O)[O-])c3)c2)ccn1. The quantitative estimate of drug-likeness (QED) is 0.529. The summed E-state index contributed by atoms with van der Waals surface area (Å²) in [5.41, 5.74) is 3.26. The van der Waals surface area contributed by atoms with Crippen LogP contribution in [0.3, 0.4) is 0 Å². The monoisotopic (exact) mass is 348 g/mol. The lowest BCUT2D eigenvalue weighted by molar-refractivity contribution is -0.384. The van der Waals surface area contributed by atoms with Gasteiger partial charge in [-0.25, -0.2) is 0 Å². The maximum Gasteiger partial charge on any atom is 0.270 e. The van der Waals surface area contributed by atoms with Gasteiger partial charge in [-0.2, -0.15) is 0 Å². The molecule has 0 atom stereocenters. The topological polar surface area (TPSA) is 97.2 Å². The highest BCUT2D eigenvalue weighted by Crippen LogP contribution is 2.21. The van der Waals surface area contributed by atoms with Gasteiger partial charge in [-0.15, -0.1) is 0 Å². The lowest BCUT2D eigenvalue weighted by atomic mass is 10.2. The Balaban J connectivity index is 1.75. The summed E-state index contributed by atoms with van der Waals surface area (Å²) in [7, 11) is 0. The lowest BCUT2D eigenvalue weighted by Crippen LogP contribution is -2.12. The number of aromatic nitrogens is 1. The molecule has 2 N–H and O–H groups in total. The van der Waals surface area contributed by atoms with Crippen LogP contribution in [0.25, 0.3) is 0 Å². The van der Waals surface area contributed by atoms with Crippen molar-refractivity contribution in [3.63, 3.8) is 0 Å². The molecule has 0 aliphatic heterocycles. The highest BCUT2D eigenvalue weighted by Gasteiger charge is 2.11. The Kier molecular flexibility index (Phi) is 4.89. The Morgan fingerprint density at radius 2 is 1.73 bits per heavy atom. The van der Waals surface area contributed by atoms with Gasteiger partial charge in [0.05, 0.1) is 4.92 Å². The van der Waals surface area contributed by atoms with Crippen molar-refractivity contribution in [2.45, 2.75) is 6.92 Å². The number of amides is 1. The zero-order valence-corrected chi connectivity index (χ0v) is 14.0. The number of carbonyl (C=O) groups is 1. The van der Waals surface area contributed by atoms with Crippen molar-refractivity contribution in [2.24, 2.45) is 0 Å². The second-order valence-corrected chi connectivity index (χ2v) is 5.65. The molecule has 0 radical (unpaired) electrons. The highest BCUT2D eigenvalue weighted by atomic mass is 16.6. The molecule has 7 nitrogen and oxygen atoms in total. The molecule has 26 heavy (non-hydrogen) atoms. The number of nitro groups is 1. The number of aryl methyl sites for hydroxylation is 1. The van der Waals surface area contributed by atoms with Crippen molar-refractivity contribution >= 4 is 28.7 Å². The first-order chi connectivity index (χ1) is 12.5. The molecule has 130 valence electrons. The van der Waals surface area contributed by atoms with Gasteiger partial charge in [0.15, 0.2) is 0 Å². The fourth-order valence-electron chi connectivity index (χ4n) is 2.43. The number of hydrogen-bond acceptors (Lipinski definition) is 5. The molecule has 1 amide bonds. The molecule has 0 spiro atoms. The molecule has 0 aliphatic rings. The maximum absolute atomic E-state index is 12.3. The molecule has 1 aromatic heterocycles. The largest absolute Gasteiger partial charge is 0.355 e. The van der Waals surface area contributed by atoms with E-state index in [9.17, 15) is 14.9 Å². The Hall–Kier alpha value is -3.74. The Morgan fingerprint density at radius 3 is 2.50 bits per heavy atom. The van der Waals surface area contributed by atoms with Crippen LogP contribution in [-0.4, -0.2) is 15.8 Å². The minimum absolute atomic E-state index is 0.124. The van der Waals surface area contributed by atoms with Gasteiger partial charge in [-0.3, -0.25) is 19.9 Å². The van der Waals surface area contributed by atoms with Gasteiger partial charge < -0.3 is 10.6 Å². The molecule has 0 fully saturated rings. The highest BCUT2D eigenvalue weighted by molar-refractivity contribution is 6.04. The molecule has 0 saturated heterocycles. The fourth-order valence-corrected chi connectivity index (χ4v) is 2.43. The predicted octanol–water partition coefficient (Wildman–Crippen LogP) is 4.29. The Bertz CT molecular complexity index is 972. The third-order valence-corrected chi connectivity index (χ3v) is 3.62. The molecule has 0 saturated carbocycles. The van der Waals surface area contributed by atoms with E-state index in [0.717, 1.165) is 17.1 Å². The van der Waals surface area contributed by atoms with Crippen molar-refractivity contribution < 1.29 is 9.72 Å². The zero-order chi connectivity index (χ0) is 18.5. The van der Waals surface area contributed by atoms with E-state index in [4.69, 9.17) is 0 Å². The van der Waals surface area contributed by atoms with Gasteiger partial charge in [0, 0.05) is 46.6 Å². The first-order valence-electron chi connectivity index (χ1n) is 7.87.